The van der Waals surface area contributed by atoms with Crippen molar-refractivity contribution in [1.29, 1.82) is 0 Å². The Labute approximate surface area is 259 Å². The van der Waals surface area contributed by atoms with Crippen molar-refractivity contribution in [1.82, 2.24) is 26.5 Å². The van der Waals surface area contributed by atoms with Crippen molar-refractivity contribution < 1.29 is 33.4 Å². The third kappa shape index (κ3) is 10.6. The Morgan fingerprint density at radius 2 is 1.61 bits per heavy atom. The molecule has 0 aliphatic carbocycles. The second kappa shape index (κ2) is 15.6. The van der Waals surface area contributed by atoms with Crippen LogP contribution in [0.3, 0.4) is 0 Å². The maximum Gasteiger partial charge on any atom is 0.408 e. The Bertz CT molecular complexity index is 1350. The van der Waals surface area contributed by atoms with Crippen molar-refractivity contribution in [3.05, 3.63) is 47.7 Å². The zero-order valence-electron chi connectivity index (χ0n) is 27.4. The van der Waals surface area contributed by atoms with Gasteiger partial charge in [0.1, 0.15) is 17.1 Å². The first-order valence-electron chi connectivity index (χ1n) is 14.6. The van der Waals surface area contributed by atoms with Crippen LogP contribution in [0, 0.1) is 11.3 Å². The number of hydrogen-bond acceptors (Lipinski definition) is 9. The monoisotopic (exact) mass is 613 g/mol. The van der Waals surface area contributed by atoms with Gasteiger partial charge in [-0.05, 0) is 65.2 Å². The highest BCUT2D eigenvalue weighted by Gasteiger charge is 2.37. The summed E-state index contributed by atoms with van der Waals surface area (Å²) in [7, 11) is 3.01. The van der Waals surface area contributed by atoms with Crippen LogP contribution in [-0.4, -0.2) is 67.4 Å². The number of nitrogens with one attached hydrogen (secondary N) is 4. The van der Waals surface area contributed by atoms with Crippen LogP contribution >= 0.6 is 0 Å². The number of ether oxygens (including phenoxy) is 3. The summed E-state index contributed by atoms with van der Waals surface area (Å²) in [5.74, 6) is -2.03. The summed E-state index contributed by atoms with van der Waals surface area (Å²) in [6.45, 7) is 13.9. The molecule has 12 nitrogen and oxygen atoms in total. The van der Waals surface area contributed by atoms with E-state index in [1.54, 1.807) is 53.7 Å². The molecular formula is C32H47N5O7. The van der Waals surface area contributed by atoms with Crippen LogP contribution in [0.5, 0.6) is 0 Å². The average Bonchev–Trinajstić information content (AvgIpc) is 2.93. The summed E-state index contributed by atoms with van der Waals surface area (Å²) in [5, 5.41) is 6.29. The van der Waals surface area contributed by atoms with Crippen LogP contribution in [0.1, 0.15) is 72.7 Å². The number of fused-ring (bicyclic) bond motifs is 1. The van der Waals surface area contributed by atoms with Gasteiger partial charge in [-0.25, -0.2) is 10.2 Å². The molecule has 3 amide bonds. The lowest BCUT2D eigenvalue weighted by Gasteiger charge is -2.28. The molecule has 0 spiro atoms. The molecule has 2 aromatic rings. The molecule has 0 saturated carbocycles. The average molecular weight is 614 g/mol. The van der Waals surface area contributed by atoms with Crippen molar-refractivity contribution in [2.24, 2.45) is 11.3 Å². The number of rotatable bonds is 13. The largest absolute Gasteiger partial charge is 0.451 e. The van der Waals surface area contributed by atoms with Gasteiger partial charge in [-0.1, -0.05) is 44.2 Å². The number of benzene rings is 1. The summed E-state index contributed by atoms with van der Waals surface area (Å²) in [4.78, 5) is 55.4. The molecule has 12 heteroatoms. The van der Waals surface area contributed by atoms with E-state index < -0.39 is 47.0 Å². The number of carbonyl (C=O) groups excluding carboxylic acids is 4. The SMILES string of the molecule is CNNC(=O)[C@H](C)NC(=O)[C@@H](OC(=O)[C@@](C)(/C=C/c1ccc2ccc([C@@H](C)NC(=O)OC(C)(C)C)nc2c1)COC)C(C)C. The van der Waals surface area contributed by atoms with Crippen molar-refractivity contribution >= 4 is 40.9 Å². The lowest BCUT2D eigenvalue weighted by Crippen LogP contribution is -2.52. The molecule has 4 atom stereocenters. The molecule has 0 bridgehead atoms. The lowest BCUT2D eigenvalue weighted by molar-refractivity contribution is -0.167. The number of methoxy groups -OCH3 is 1. The van der Waals surface area contributed by atoms with E-state index in [0.29, 0.717) is 11.2 Å². The quantitative estimate of drug-likeness (QED) is 0.195. The first kappa shape index (κ1) is 36.2. The van der Waals surface area contributed by atoms with E-state index in [1.807, 2.05) is 37.3 Å². The molecule has 0 fully saturated rings. The van der Waals surface area contributed by atoms with E-state index in [2.05, 4.69) is 21.5 Å². The van der Waals surface area contributed by atoms with Crippen LogP contribution in [0.4, 0.5) is 4.79 Å². The van der Waals surface area contributed by atoms with E-state index in [0.717, 1.165) is 10.9 Å². The van der Waals surface area contributed by atoms with Gasteiger partial charge in [0.25, 0.3) is 11.8 Å². The molecule has 44 heavy (non-hydrogen) atoms. The highest BCUT2D eigenvalue weighted by Crippen LogP contribution is 2.26. The lowest BCUT2D eigenvalue weighted by atomic mass is 9.90. The van der Waals surface area contributed by atoms with Crippen LogP contribution in [-0.2, 0) is 28.6 Å². The van der Waals surface area contributed by atoms with Gasteiger partial charge in [-0.2, -0.15) is 0 Å². The fourth-order valence-corrected chi connectivity index (χ4v) is 4.14. The number of hydrazine groups is 1. The molecule has 1 heterocycles. The fourth-order valence-electron chi connectivity index (χ4n) is 4.14. The molecule has 0 radical (unpaired) electrons. The molecule has 4 N–H and O–H groups in total. The predicted octanol–water partition coefficient (Wildman–Crippen LogP) is 3.81. The third-order valence-corrected chi connectivity index (χ3v) is 6.57. The summed E-state index contributed by atoms with van der Waals surface area (Å²) in [6, 6.07) is 8.21. The second-order valence-electron chi connectivity index (χ2n) is 12.3. The van der Waals surface area contributed by atoms with Crippen LogP contribution < -0.4 is 21.5 Å². The summed E-state index contributed by atoms with van der Waals surface area (Å²) in [6.07, 6.45) is 1.79. The number of pyridine rings is 1. The summed E-state index contributed by atoms with van der Waals surface area (Å²) >= 11 is 0. The maximum atomic E-state index is 13.4. The van der Waals surface area contributed by atoms with Crippen molar-refractivity contribution in [2.45, 2.75) is 79.2 Å². The molecule has 0 unspecified atom stereocenters. The molecule has 242 valence electrons. The van der Waals surface area contributed by atoms with Crippen molar-refractivity contribution in [3.63, 3.8) is 0 Å². The number of esters is 1. The Morgan fingerprint density at radius 3 is 2.20 bits per heavy atom. The number of hydrogen-bond donors (Lipinski definition) is 4. The van der Waals surface area contributed by atoms with Crippen molar-refractivity contribution in [2.75, 3.05) is 20.8 Å². The van der Waals surface area contributed by atoms with E-state index in [4.69, 9.17) is 19.2 Å². The number of amides is 3. The minimum absolute atomic E-state index is 0.000422. The first-order valence-corrected chi connectivity index (χ1v) is 14.6. The van der Waals surface area contributed by atoms with E-state index >= 15 is 0 Å². The van der Waals surface area contributed by atoms with Gasteiger partial charge in [0.15, 0.2) is 6.10 Å². The van der Waals surface area contributed by atoms with Gasteiger partial charge in [0.05, 0.1) is 23.9 Å². The summed E-state index contributed by atoms with van der Waals surface area (Å²) < 4.78 is 16.4. The minimum Gasteiger partial charge on any atom is -0.451 e. The third-order valence-electron chi connectivity index (χ3n) is 6.57. The van der Waals surface area contributed by atoms with E-state index in [9.17, 15) is 19.2 Å². The van der Waals surface area contributed by atoms with Gasteiger partial charge >= 0.3 is 12.1 Å². The Kier molecular flexibility index (Phi) is 12.8. The first-order chi connectivity index (χ1) is 20.5. The Morgan fingerprint density at radius 1 is 0.955 bits per heavy atom. The standard InChI is InChI=1S/C32H47N5O7/c1-19(2)26(28(39)34-21(4)27(38)37-33-9)43-29(40)32(8,18-42-10)16-15-22-11-12-23-13-14-24(36-25(23)17-22)20(3)35-30(41)44-31(5,6)7/h11-17,19-21,26,33H,18H2,1-10H3,(H,34,39)(H,35,41)(H,37,38)/b16-15+/t20-,21+,26+,32+/m1/s1. The Balaban J connectivity index is 2.25. The van der Waals surface area contributed by atoms with Crippen LogP contribution in [0.25, 0.3) is 17.0 Å². The number of nitrogens with zero attached hydrogens (tertiary/aromatic N) is 1. The highest BCUT2D eigenvalue weighted by atomic mass is 16.6. The van der Waals surface area contributed by atoms with Gasteiger partial charge in [0.2, 0.25) is 0 Å². The van der Waals surface area contributed by atoms with Gasteiger partial charge in [-0.15, -0.1) is 0 Å². The Hall–Kier alpha value is -4.03. The zero-order valence-corrected chi connectivity index (χ0v) is 27.4. The zero-order chi connectivity index (χ0) is 33.2. The topological polar surface area (TPSA) is 157 Å². The fraction of sp³-hybridized carbons (Fsp3) is 0.531. The minimum atomic E-state index is -1.23. The molecular weight excluding hydrogens is 566 g/mol. The van der Waals surface area contributed by atoms with E-state index in [-0.39, 0.29) is 18.6 Å². The molecule has 2 rings (SSSR count). The van der Waals surface area contributed by atoms with Gasteiger partial charge < -0.3 is 24.8 Å². The molecule has 0 aliphatic rings. The maximum absolute atomic E-state index is 13.4. The molecule has 1 aromatic heterocycles. The van der Waals surface area contributed by atoms with Crippen LogP contribution in [0.15, 0.2) is 36.4 Å². The van der Waals surface area contributed by atoms with E-state index in [1.165, 1.54) is 21.1 Å². The van der Waals surface area contributed by atoms with Gasteiger partial charge in [-0.3, -0.25) is 24.8 Å². The molecule has 0 saturated heterocycles. The van der Waals surface area contributed by atoms with Gasteiger partial charge in [0, 0.05) is 19.5 Å². The highest BCUT2D eigenvalue weighted by molar-refractivity contribution is 5.91. The smallest absolute Gasteiger partial charge is 0.408 e. The number of carbonyl (C=O) groups is 4. The van der Waals surface area contributed by atoms with Crippen molar-refractivity contribution in [3.8, 4) is 0 Å². The predicted molar refractivity (Wildman–Crippen MR) is 168 cm³/mol. The summed E-state index contributed by atoms with van der Waals surface area (Å²) in [5.41, 5.74) is 5.21. The second-order valence-corrected chi connectivity index (χ2v) is 12.3. The normalized spacial score (nSPS) is 15.2. The van der Waals surface area contributed by atoms with Crippen LogP contribution in [0.2, 0.25) is 0 Å². The number of aromatic nitrogens is 1. The molecule has 0 aliphatic heterocycles. The molecule has 1 aromatic carbocycles. The number of alkyl carbamates (subject to hydrolysis) is 1.